The summed E-state index contributed by atoms with van der Waals surface area (Å²) in [4.78, 5) is 14.7. The van der Waals surface area contributed by atoms with Crippen molar-refractivity contribution in [3.05, 3.63) is 144 Å². The van der Waals surface area contributed by atoms with Gasteiger partial charge in [-0.25, -0.2) is 0 Å². The van der Waals surface area contributed by atoms with Crippen LogP contribution in [0.1, 0.15) is 22.3 Å². The van der Waals surface area contributed by atoms with Gasteiger partial charge in [-0.15, -0.1) is 0 Å². The van der Waals surface area contributed by atoms with Crippen LogP contribution in [-0.2, 0) is 11.6 Å². The fourth-order valence-electron chi connectivity index (χ4n) is 3.77. The van der Waals surface area contributed by atoms with Crippen molar-refractivity contribution in [3.63, 3.8) is 0 Å². The summed E-state index contributed by atoms with van der Waals surface area (Å²) in [7, 11) is 0. The van der Waals surface area contributed by atoms with Crippen LogP contribution in [-0.4, -0.2) is 5.78 Å². The molecule has 148 valence electrons. The Bertz CT molecular complexity index is 941. The lowest BCUT2D eigenvalue weighted by Gasteiger charge is -2.37. The van der Waals surface area contributed by atoms with E-state index in [1.54, 1.807) is 0 Å². The number of hydrogen-bond donors (Lipinski definition) is 0. The highest BCUT2D eigenvalue weighted by Crippen LogP contribution is 2.51. The SMILES string of the molecule is O=C(C(I)(c1ccccc1)c1ccccc1)C(I)(c1ccccc1)c1ccccc1. The van der Waals surface area contributed by atoms with Gasteiger partial charge >= 0.3 is 0 Å². The topological polar surface area (TPSA) is 17.1 Å². The van der Waals surface area contributed by atoms with E-state index < -0.39 is 6.84 Å². The van der Waals surface area contributed by atoms with Crippen molar-refractivity contribution in [1.82, 2.24) is 0 Å². The summed E-state index contributed by atoms with van der Waals surface area (Å²) in [5, 5.41) is 0. The lowest BCUT2D eigenvalue weighted by atomic mass is 9.77. The summed E-state index contributed by atoms with van der Waals surface area (Å²) < 4.78 is -1.68. The monoisotopic (exact) mass is 614 g/mol. The van der Waals surface area contributed by atoms with E-state index >= 15 is 0 Å². The Labute approximate surface area is 204 Å². The Hall–Kier alpha value is -1.99. The molecular formula is C27H20I2O. The lowest BCUT2D eigenvalue weighted by Crippen LogP contribution is -2.43. The summed E-state index contributed by atoms with van der Waals surface area (Å²) in [6.07, 6.45) is 0. The second-order valence-corrected chi connectivity index (χ2v) is 10.3. The fraction of sp³-hybridized carbons (Fsp3) is 0.0741. The van der Waals surface area contributed by atoms with E-state index in [2.05, 4.69) is 45.2 Å². The molecule has 0 radical (unpaired) electrons. The first-order valence-electron chi connectivity index (χ1n) is 9.72. The molecule has 0 saturated carbocycles. The first-order chi connectivity index (χ1) is 14.6. The van der Waals surface area contributed by atoms with E-state index in [1.807, 2.05) is 121 Å². The van der Waals surface area contributed by atoms with Gasteiger partial charge in [-0.05, 0) is 22.3 Å². The van der Waals surface area contributed by atoms with Crippen LogP contribution in [0.15, 0.2) is 121 Å². The number of ketones is 1. The van der Waals surface area contributed by atoms with Crippen LogP contribution in [0.2, 0.25) is 0 Å². The normalized spacial score (nSPS) is 11.8. The van der Waals surface area contributed by atoms with Crippen LogP contribution in [0.5, 0.6) is 0 Å². The third-order valence-electron chi connectivity index (χ3n) is 5.31. The van der Waals surface area contributed by atoms with Crippen LogP contribution in [0.25, 0.3) is 0 Å². The molecule has 0 aromatic heterocycles. The number of hydrogen-bond acceptors (Lipinski definition) is 1. The highest BCUT2D eigenvalue weighted by Gasteiger charge is 2.51. The molecule has 4 aromatic carbocycles. The molecule has 0 aliphatic rings. The molecule has 0 saturated heterocycles. The van der Waals surface area contributed by atoms with Gasteiger partial charge in [-0.2, -0.15) is 0 Å². The molecule has 0 spiro atoms. The Morgan fingerprint density at radius 3 is 0.833 bits per heavy atom. The van der Waals surface area contributed by atoms with E-state index in [0.717, 1.165) is 22.3 Å². The van der Waals surface area contributed by atoms with E-state index in [9.17, 15) is 4.79 Å². The third-order valence-corrected chi connectivity index (χ3v) is 8.78. The molecule has 4 rings (SSSR count). The lowest BCUT2D eigenvalue weighted by molar-refractivity contribution is -0.121. The van der Waals surface area contributed by atoms with Gasteiger partial charge in [0.05, 0.1) is 0 Å². The molecular weight excluding hydrogens is 594 g/mol. The Morgan fingerprint density at radius 2 is 0.633 bits per heavy atom. The van der Waals surface area contributed by atoms with Crippen molar-refractivity contribution in [1.29, 1.82) is 0 Å². The Morgan fingerprint density at radius 1 is 0.433 bits per heavy atom. The molecule has 0 bridgehead atoms. The average Bonchev–Trinajstić information content (AvgIpc) is 2.84. The number of rotatable bonds is 6. The first-order valence-corrected chi connectivity index (χ1v) is 11.9. The van der Waals surface area contributed by atoms with Crippen LogP contribution in [0.3, 0.4) is 0 Å². The van der Waals surface area contributed by atoms with Gasteiger partial charge in [0.2, 0.25) is 0 Å². The number of benzene rings is 4. The van der Waals surface area contributed by atoms with E-state index in [1.165, 1.54) is 0 Å². The van der Waals surface area contributed by atoms with E-state index in [0.29, 0.717) is 0 Å². The number of Topliss-reactive ketones (excluding diaryl/α,β-unsaturated/α-hetero) is 1. The Balaban J connectivity index is 1.99. The third kappa shape index (κ3) is 3.73. The highest BCUT2D eigenvalue weighted by molar-refractivity contribution is 14.1. The van der Waals surface area contributed by atoms with Crippen molar-refractivity contribution in [2.45, 2.75) is 6.84 Å². The van der Waals surface area contributed by atoms with Gasteiger partial charge in [0.15, 0.2) is 5.78 Å². The van der Waals surface area contributed by atoms with Gasteiger partial charge in [0.25, 0.3) is 0 Å². The minimum absolute atomic E-state index is 0.131. The molecule has 4 aromatic rings. The smallest absolute Gasteiger partial charge is 0.182 e. The van der Waals surface area contributed by atoms with E-state index in [4.69, 9.17) is 0 Å². The Kier molecular flexibility index (Phi) is 6.39. The first kappa shape index (κ1) is 21.2. The summed E-state index contributed by atoms with van der Waals surface area (Å²) in [5.74, 6) is 0.131. The summed E-state index contributed by atoms with van der Waals surface area (Å²) >= 11 is 4.71. The van der Waals surface area contributed by atoms with Crippen LogP contribution < -0.4 is 0 Å². The minimum atomic E-state index is -0.840. The quantitative estimate of drug-likeness (QED) is 0.165. The molecule has 0 atom stereocenters. The predicted molar refractivity (Wildman–Crippen MR) is 140 cm³/mol. The maximum Gasteiger partial charge on any atom is 0.182 e. The van der Waals surface area contributed by atoms with Gasteiger partial charge in [0, 0.05) is 0 Å². The molecule has 0 unspecified atom stereocenters. The predicted octanol–water partition coefficient (Wildman–Crippen LogP) is 7.31. The molecule has 0 heterocycles. The molecule has 30 heavy (non-hydrogen) atoms. The summed E-state index contributed by atoms with van der Waals surface area (Å²) in [6.45, 7) is 0. The zero-order valence-corrected chi connectivity index (χ0v) is 20.5. The van der Waals surface area contributed by atoms with E-state index in [-0.39, 0.29) is 5.78 Å². The summed E-state index contributed by atoms with van der Waals surface area (Å²) in [6, 6.07) is 40.3. The number of carbonyl (C=O) groups excluding carboxylic acids is 1. The fourth-order valence-corrected chi connectivity index (χ4v) is 6.53. The molecule has 0 aliphatic heterocycles. The number of carbonyl (C=O) groups is 1. The van der Waals surface area contributed by atoms with Crippen molar-refractivity contribution in [2.24, 2.45) is 0 Å². The number of halogens is 2. The maximum absolute atomic E-state index is 14.7. The van der Waals surface area contributed by atoms with Crippen molar-refractivity contribution >= 4 is 51.0 Å². The number of alkyl halides is 2. The summed E-state index contributed by atoms with van der Waals surface area (Å²) in [5.41, 5.74) is 3.92. The van der Waals surface area contributed by atoms with Crippen LogP contribution in [0.4, 0.5) is 0 Å². The van der Waals surface area contributed by atoms with Gasteiger partial charge < -0.3 is 0 Å². The second-order valence-electron chi connectivity index (χ2n) is 7.11. The molecule has 0 N–H and O–H groups in total. The van der Waals surface area contributed by atoms with Crippen molar-refractivity contribution < 1.29 is 4.79 Å². The zero-order chi connectivity index (χ0) is 21.0. The largest absolute Gasteiger partial charge is 0.295 e. The standard InChI is InChI=1S/C27H20I2O/c28-26(21-13-5-1-6-14-21,22-15-7-2-8-16-22)25(30)27(29,23-17-9-3-10-18-23)24-19-11-4-12-20-24/h1-20H. The van der Waals surface area contributed by atoms with Crippen LogP contribution in [0, 0.1) is 0 Å². The van der Waals surface area contributed by atoms with Gasteiger partial charge in [0.1, 0.15) is 6.84 Å². The molecule has 0 amide bonds. The van der Waals surface area contributed by atoms with Crippen LogP contribution >= 0.6 is 45.2 Å². The second kappa shape index (κ2) is 9.02. The maximum atomic E-state index is 14.7. The molecule has 1 nitrogen and oxygen atoms in total. The van der Waals surface area contributed by atoms with Crippen molar-refractivity contribution in [3.8, 4) is 0 Å². The van der Waals surface area contributed by atoms with Gasteiger partial charge in [-0.1, -0.05) is 167 Å². The highest BCUT2D eigenvalue weighted by atomic mass is 127. The minimum Gasteiger partial charge on any atom is -0.295 e. The average molecular weight is 614 g/mol. The molecule has 3 heteroatoms. The molecule has 0 fully saturated rings. The zero-order valence-electron chi connectivity index (χ0n) is 16.2. The molecule has 0 aliphatic carbocycles. The van der Waals surface area contributed by atoms with Gasteiger partial charge in [-0.3, -0.25) is 4.79 Å². The van der Waals surface area contributed by atoms with Crippen molar-refractivity contribution in [2.75, 3.05) is 0 Å².